The summed E-state index contributed by atoms with van der Waals surface area (Å²) in [6.07, 6.45) is -0.484. The van der Waals surface area contributed by atoms with Gasteiger partial charge in [-0.25, -0.2) is 17.7 Å². The minimum Gasteiger partial charge on any atom is -0.487 e. The summed E-state index contributed by atoms with van der Waals surface area (Å²) in [7, 11) is 0. The van der Waals surface area contributed by atoms with E-state index in [0.29, 0.717) is 11.8 Å². The molecule has 0 spiro atoms. The molecule has 12 heteroatoms. The number of anilines is 1. The Morgan fingerprint density at radius 3 is 2.52 bits per heavy atom. The molecule has 3 aliphatic rings. The maximum atomic E-state index is 15.8. The number of hydrogen-bond donors (Lipinski definition) is 2. The molecule has 9 nitrogen and oxygen atoms in total. The zero-order chi connectivity index (χ0) is 27.7. The Bertz CT molecular complexity index is 1350. The third-order valence-corrected chi connectivity index (χ3v) is 8.37. The topological polar surface area (TPSA) is 100 Å². The van der Waals surface area contributed by atoms with Crippen molar-refractivity contribution in [3.8, 4) is 17.6 Å². The van der Waals surface area contributed by atoms with Crippen LogP contribution in [0.5, 0.6) is 5.75 Å². The molecule has 2 amide bonds. The van der Waals surface area contributed by atoms with Gasteiger partial charge >= 0.3 is 6.09 Å². The maximum absolute atomic E-state index is 15.8. The summed E-state index contributed by atoms with van der Waals surface area (Å²) in [6, 6.07) is 12.5. The van der Waals surface area contributed by atoms with E-state index in [1.165, 1.54) is 12.1 Å². The fourth-order valence-corrected chi connectivity index (χ4v) is 6.28. The van der Waals surface area contributed by atoms with Gasteiger partial charge in [0.15, 0.2) is 5.82 Å². The van der Waals surface area contributed by atoms with Crippen molar-refractivity contribution in [2.24, 2.45) is 17.8 Å². The number of rotatable bonds is 6. The smallest absolute Gasteiger partial charge is 0.418 e. The molecular formula is C28H33FN4O5S2. The summed E-state index contributed by atoms with van der Waals surface area (Å²) < 4.78 is 47.6. The lowest BCUT2D eigenvalue weighted by molar-refractivity contribution is -0.117. The second kappa shape index (κ2) is 12.1. The number of carbonyl (C=O) groups is 2. The number of piperidine rings is 1. The van der Waals surface area contributed by atoms with E-state index in [1.807, 2.05) is 51.1 Å². The van der Waals surface area contributed by atoms with Crippen LogP contribution in [0.3, 0.4) is 0 Å². The summed E-state index contributed by atoms with van der Waals surface area (Å²) >= 11 is -0.693. The van der Waals surface area contributed by atoms with Gasteiger partial charge in [-0.2, -0.15) is 0 Å². The molecule has 0 radical (unpaired) electrons. The van der Waals surface area contributed by atoms with Crippen LogP contribution in [-0.4, -0.2) is 45.7 Å². The normalized spacial score (nSPS) is 23.3. The first kappa shape index (κ1) is 29.7. The number of ether oxygens (including phenoxy) is 2. The number of amides is 2. The number of halogens is 1. The lowest BCUT2D eigenvalue weighted by atomic mass is 10.1. The SMILES string of the molecule is C.CC(C)(C)OC(=O)NSN1CC2C(C#Cc3ccc(OCc4ccccc4)c(N4CC(=O)NS4=O)c3F)C2C1. The molecule has 0 aromatic heterocycles. The minimum absolute atomic E-state index is 0. The summed E-state index contributed by atoms with van der Waals surface area (Å²) in [5, 5.41) is 0. The molecule has 3 atom stereocenters. The molecule has 1 aliphatic carbocycles. The Hall–Kier alpha value is -3.27. The van der Waals surface area contributed by atoms with Gasteiger partial charge < -0.3 is 9.47 Å². The molecule has 5 rings (SSSR count). The molecule has 0 bridgehead atoms. The van der Waals surface area contributed by atoms with Gasteiger partial charge in [-0.15, -0.1) is 0 Å². The number of hydrogen-bond acceptors (Lipinski definition) is 7. The Labute approximate surface area is 241 Å². The molecule has 2 aliphatic heterocycles. The number of carbonyl (C=O) groups excluding carboxylic acids is 2. The zero-order valence-corrected chi connectivity index (χ0v) is 23.4. The van der Waals surface area contributed by atoms with E-state index in [0.717, 1.165) is 23.0 Å². The Kier molecular flexibility index (Phi) is 8.97. The van der Waals surface area contributed by atoms with Crippen LogP contribution in [0.2, 0.25) is 0 Å². The van der Waals surface area contributed by atoms with E-state index in [1.54, 1.807) is 12.1 Å². The van der Waals surface area contributed by atoms with Gasteiger partial charge in [0, 0.05) is 31.1 Å². The largest absolute Gasteiger partial charge is 0.487 e. The van der Waals surface area contributed by atoms with Crippen LogP contribution in [0, 0.1) is 35.4 Å². The fourth-order valence-electron chi connectivity index (χ4n) is 4.60. The number of nitrogens with one attached hydrogen (secondary N) is 2. The van der Waals surface area contributed by atoms with Crippen LogP contribution in [0.1, 0.15) is 39.3 Å². The van der Waals surface area contributed by atoms with Gasteiger partial charge in [0.25, 0.3) is 5.91 Å². The highest BCUT2D eigenvalue weighted by Gasteiger charge is 2.55. The highest BCUT2D eigenvalue weighted by atomic mass is 32.2. The van der Waals surface area contributed by atoms with Crippen LogP contribution in [0.15, 0.2) is 42.5 Å². The first-order chi connectivity index (χ1) is 18.6. The quantitative estimate of drug-likeness (QED) is 0.386. The van der Waals surface area contributed by atoms with Gasteiger partial charge in [-0.1, -0.05) is 49.6 Å². The van der Waals surface area contributed by atoms with Crippen molar-refractivity contribution >= 4 is 41.0 Å². The summed E-state index contributed by atoms with van der Waals surface area (Å²) in [4.78, 5) is 23.7. The van der Waals surface area contributed by atoms with Gasteiger partial charge in [-0.3, -0.25) is 18.5 Å². The van der Waals surface area contributed by atoms with E-state index in [-0.39, 0.29) is 43.5 Å². The number of fused-ring (bicyclic) bond motifs is 1. The Balaban J connectivity index is 0.00000370. The van der Waals surface area contributed by atoms with Gasteiger partial charge in [0.05, 0.1) is 5.56 Å². The van der Waals surface area contributed by atoms with Crippen molar-refractivity contribution in [1.29, 1.82) is 0 Å². The third kappa shape index (κ3) is 6.89. The van der Waals surface area contributed by atoms with Crippen LogP contribution in [-0.2, 0) is 27.3 Å². The van der Waals surface area contributed by atoms with Crippen molar-refractivity contribution in [3.63, 3.8) is 0 Å². The lowest BCUT2D eigenvalue weighted by Gasteiger charge is -2.21. The summed E-state index contributed by atoms with van der Waals surface area (Å²) in [5.74, 6) is 6.00. The lowest BCUT2D eigenvalue weighted by Crippen LogP contribution is -2.32. The molecule has 2 aromatic rings. The van der Waals surface area contributed by atoms with Crippen molar-refractivity contribution in [2.75, 3.05) is 23.9 Å². The maximum Gasteiger partial charge on any atom is 0.418 e. The molecule has 2 N–H and O–H groups in total. The highest BCUT2D eigenvalue weighted by Crippen LogP contribution is 2.52. The van der Waals surface area contributed by atoms with Crippen LogP contribution < -0.4 is 18.5 Å². The van der Waals surface area contributed by atoms with Crippen molar-refractivity contribution < 1.29 is 27.7 Å². The molecular weight excluding hydrogens is 555 g/mol. The summed E-state index contributed by atoms with van der Waals surface area (Å²) in [5.41, 5.74) is 0.422. The molecule has 2 heterocycles. The second-order valence-electron chi connectivity index (χ2n) is 10.5. The average Bonchev–Trinajstić information content (AvgIpc) is 3.16. The zero-order valence-electron chi connectivity index (χ0n) is 21.7. The van der Waals surface area contributed by atoms with Crippen LogP contribution in [0.25, 0.3) is 0 Å². The van der Waals surface area contributed by atoms with Gasteiger partial charge in [-0.05, 0) is 50.3 Å². The molecule has 3 fully saturated rings. The second-order valence-corrected chi connectivity index (χ2v) is 12.6. The first-order valence-electron chi connectivity index (χ1n) is 12.5. The number of nitrogens with zero attached hydrogens (tertiary/aromatic N) is 2. The van der Waals surface area contributed by atoms with Crippen molar-refractivity contribution in [1.82, 2.24) is 13.7 Å². The van der Waals surface area contributed by atoms with E-state index >= 15 is 4.39 Å². The monoisotopic (exact) mass is 588 g/mol. The van der Waals surface area contributed by atoms with Gasteiger partial charge in [0.2, 0.25) is 11.2 Å². The minimum atomic E-state index is -1.92. The van der Waals surface area contributed by atoms with Gasteiger partial charge in [0.1, 0.15) is 30.2 Å². The highest BCUT2D eigenvalue weighted by molar-refractivity contribution is 7.95. The number of benzene rings is 2. The van der Waals surface area contributed by atoms with Crippen molar-refractivity contribution in [2.45, 2.75) is 40.4 Å². The van der Waals surface area contributed by atoms with Crippen molar-refractivity contribution in [3.05, 3.63) is 59.4 Å². The van der Waals surface area contributed by atoms with Crippen LogP contribution >= 0.6 is 12.1 Å². The predicted molar refractivity (Wildman–Crippen MR) is 153 cm³/mol. The Morgan fingerprint density at radius 1 is 1.20 bits per heavy atom. The predicted octanol–water partition coefficient (Wildman–Crippen LogP) is 4.17. The molecule has 2 aromatic carbocycles. The van der Waals surface area contributed by atoms with E-state index in [4.69, 9.17) is 9.47 Å². The van der Waals surface area contributed by atoms with Crippen LogP contribution in [0.4, 0.5) is 14.9 Å². The molecule has 40 heavy (non-hydrogen) atoms. The first-order valence-corrected chi connectivity index (χ1v) is 14.4. The molecule has 214 valence electrons. The average molecular weight is 589 g/mol. The standard InChI is InChI=1S/C27H29FN4O5S2.CH4/c1-27(2,3)37-26(34)29-38-31-13-20-19(21(20)14-31)11-9-18-10-12-22(36-16-17-7-5-4-6-8-17)25(24(18)28)32-15-23(33)30-39(32)35;/h4-8,10,12,19-21H,13-16H2,1-3H3,(H,29,34)(H,30,33);1H4. The molecule has 2 saturated heterocycles. The third-order valence-electron chi connectivity index (χ3n) is 6.45. The Morgan fingerprint density at radius 2 is 1.90 bits per heavy atom. The molecule has 3 unspecified atom stereocenters. The van der Waals surface area contributed by atoms with E-state index in [9.17, 15) is 13.8 Å². The van der Waals surface area contributed by atoms with E-state index < -0.39 is 34.6 Å². The fraction of sp³-hybridized carbons (Fsp3) is 0.429. The summed E-state index contributed by atoms with van der Waals surface area (Å²) in [6.45, 7) is 6.87. The molecule has 1 saturated carbocycles. The van der Waals surface area contributed by atoms with E-state index in [2.05, 4.69) is 25.6 Å².